The van der Waals surface area contributed by atoms with Gasteiger partial charge in [0.05, 0.1) is 17.4 Å². The summed E-state index contributed by atoms with van der Waals surface area (Å²) in [6.45, 7) is 2.17. The Balaban J connectivity index is 1.93. The zero-order valence-corrected chi connectivity index (χ0v) is 9.58. The summed E-state index contributed by atoms with van der Waals surface area (Å²) in [5.74, 6) is 0. The van der Waals surface area contributed by atoms with E-state index in [1.165, 1.54) is 12.8 Å². The first-order chi connectivity index (χ1) is 6.68. The average molecular weight is 254 g/mol. The van der Waals surface area contributed by atoms with Crippen LogP contribution >= 0.6 is 15.9 Å². The fraction of sp³-hybridized carbons (Fsp3) is 0.400. The van der Waals surface area contributed by atoms with E-state index in [0.717, 1.165) is 10.2 Å². The van der Waals surface area contributed by atoms with Gasteiger partial charge < -0.3 is 5.43 Å². The van der Waals surface area contributed by atoms with Gasteiger partial charge in [0.2, 0.25) is 0 Å². The number of rotatable bonds is 3. The van der Waals surface area contributed by atoms with Crippen LogP contribution in [0.5, 0.6) is 0 Å². The maximum Gasteiger partial charge on any atom is 0.0830 e. The maximum atomic E-state index is 4.18. The Morgan fingerprint density at radius 1 is 1.57 bits per heavy atom. The highest BCUT2D eigenvalue weighted by molar-refractivity contribution is 9.10. The molecule has 1 N–H and O–H groups in total. The van der Waals surface area contributed by atoms with E-state index in [9.17, 15) is 0 Å². The van der Waals surface area contributed by atoms with Crippen LogP contribution in [0.4, 0.5) is 0 Å². The highest BCUT2D eigenvalue weighted by Gasteiger charge is 2.36. The van der Waals surface area contributed by atoms with Gasteiger partial charge in [-0.25, -0.2) is 0 Å². The average Bonchev–Trinajstić information content (AvgIpc) is 2.88. The van der Waals surface area contributed by atoms with Crippen LogP contribution in [0.3, 0.4) is 0 Å². The van der Waals surface area contributed by atoms with E-state index >= 15 is 0 Å². The smallest absolute Gasteiger partial charge is 0.0830 e. The molecule has 1 aromatic rings. The SMILES string of the molecule is CC1(N/N=C/c2ccc(Br)cn2)CC1. The van der Waals surface area contributed by atoms with Crippen molar-refractivity contribution in [3.8, 4) is 0 Å². The summed E-state index contributed by atoms with van der Waals surface area (Å²) >= 11 is 3.33. The lowest BCUT2D eigenvalue weighted by Crippen LogP contribution is -2.21. The molecule has 3 nitrogen and oxygen atoms in total. The van der Waals surface area contributed by atoms with E-state index in [2.05, 4.69) is 38.4 Å². The lowest BCUT2D eigenvalue weighted by molar-refractivity contribution is 0.566. The van der Waals surface area contributed by atoms with Crippen molar-refractivity contribution in [2.24, 2.45) is 5.10 Å². The molecule has 74 valence electrons. The van der Waals surface area contributed by atoms with Gasteiger partial charge in [-0.05, 0) is 47.8 Å². The molecule has 1 aliphatic rings. The number of halogens is 1. The van der Waals surface area contributed by atoms with E-state index in [1.807, 2.05) is 12.1 Å². The topological polar surface area (TPSA) is 37.3 Å². The molecule has 4 heteroatoms. The molecule has 1 fully saturated rings. The van der Waals surface area contributed by atoms with Crippen LogP contribution in [0.25, 0.3) is 0 Å². The minimum absolute atomic E-state index is 0.242. The number of pyridine rings is 1. The van der Waals surface area contributed by atoms with Crippen LogP contribution in [0.15, 0.2) is 27.9 Å². The number of hydrazone groups is 1. The van der Waals surface area contributed by atoms with Crippen molar-refractivity contribution in [2.45, 2.75) is 25.3 Å². The molecule has 2 rings (SSSR count). The van der Waals surface area contributed by atoms with Crippen molar-refractivity contribution in [1.29, 1.82) is 0 Å². The molecule has 0 saturated heterocycles. The Labute approximate surface area is 91.8 Å². The van der Waals surface area contributed by atoms with Crippen molar-refractivity contribution in [3.63, 3.8) is 0 Å². The molecule has 0 amide bonds. The van der Waals surface area contributed by atoms with Crippen molar-refractivity contribution in [2.75, 3.05) is 0 Å². The zero-order valence-electron chi connectivity index (χ0n) is 8.00. The van der Waals surface area contributed by atoms with Crippen LogP contribution in [0, 0.1) is 0 Å². The lowest BCUT2D eigenvalue weighted by Gasteiger charge is -2.05. The molecule has 1 saturated carbocycles. The van der Waals surface area contributed by atoms with Crippen LogP contribution in [0.2, 0.25) is 0 Å². The highest BCUT2D eigenvalue weighted by Crippen LogP contribution is 2.33. The van der Waals surface area contributed by atoms with Gasteiger partial charge in [0, 0.05) is 10.7 Å². The summed E-state index contributed by atoms with van der Waals surface area (Å²) in [5.41, 5.74) is 4.22. The Morgan fingerprint density at radius 3 is 2.93 bits per heavy atom. The number of nitrogens with zero attached hydrogens (tertiary/aromatic N) is 2. The summed E-state index contributed by atoms with van der Waals surface area (Å²) in [5, 5.41) is 4.15. The predicted molar refractivity (Wildman–Crippen MR) is 60.3 cm³/mol. The number of hydrogen-bond donors (Lipinski definition) is 1. The highest BCUT2D eigenvalue weighted by atomic mass is 79.9. The number of nitrogens with one attached hydrogen (secondary N) is 1. The van der Waals surface area contributed by atoms with Crippen LogP contribution < -0.4 is 5.43 Å². The minimum Gasteiger partial charge on any atom is -0.304 e. The summed E-state index contributed by atoms with van der Waals surface area (Å²) in [6, 6.07) is 3.87. The third-order valence-electron chi connectivity index (χ3n) is 2.28. The molecule has 0 bridgehead atoms. The quantitative estimate of drug-likeness (QED) is 0.664. The molecule has 0 unspecified atom stereocenters. The second kappa shape index (κ2) is 3.69. The van der Waals surface area contributed by atoms with Gasteiger partial charge in [-0.3, -0.25) is 4.98 Å². The van der Waals surface area contributed by atoms with Gasteiger partial charge in [0.25, 0.3) is 0 Å². The van der Waals surface area contributed by atoms with Gasteiger partial charge in [-0.1, -0.05) is 0 Å². The zero-order chi connectivity index (χ0) is 10.0. The van der Waals surface area contributed by atoms with Crippen LogP contribution in [-0.4, -0.2) is 16.7 Å². The fourth-order valence-corrected chi connectivity index (χ4v) is 1.25. The second-order valence-corrected chi connectivity index (χ2v) is 4.75. The van der Waals surface area contributed by atoms with Gasteiger partial charge in [0.1, 0.15) is 0 Å². The number of aromatic nitrogens is 1. The fourth-order valence-electron chi connectivity index (χ4n) is 1.02. The standard InChI is InChI=1S/C10H12BrN3/c1-10(4-5-10)14-13-7-9-3-2-8(11)6-12-9/h2-3,6-7,14H,4-5H2,1H3/b13-7+. The molecule has 0 atom stereocenters. The summed E-state index contributed by atoms with van der Waals surface area (Å²) in [7, 11) is 0. The van der Waals surface area contributed by atoms with E-state index < -0.39 is 0 Å². The maximum absolute atomic E-state index is 4.18. The van der Waals surface area contributed by atoms with E-state index in [-0.39, 0.29) is 5.54 Å². The lowest BCUT2D eigenvalue weighted by atomic mass is 10.3. The Bertz CT molecular complexity index is 341. The van der Waals surface area contributed by atoms with Crippen molar-refractivity contribution in [1.82, 2.24) is 10.4 Å². The molecule has 14 heavy (non-hydrogen) atoms. The third-order valence-corrected chi connectivity index (χ3v) is 2.75. The molecule has 0 aliphatic heterocycles. The minimum atomic E-state index is 0.242. The van der Waals surface area contributed by atoms with Crippen molar-refractivity contribution in [3.05, 3.63) is 28.5 Å². The third kappa shape index (κ3) is 2.54. The first kappa shape index (κ1) is 9.65. The summed E-state index contributed by atoms with van der Waals surface area (Å²) in [4.78, 5) is 4.18. The first-order valence-electron chi connectivity index (χ1n) is 4.60. The molecule has 0 aromatic carbocycles. The summed E-state index contributed by atoms with van der Waals surface area (Å²) < 4.78 is 0.983. The van der Waals surface area contributed by atoms with Crippen molar-refractivity contribution < 1.29 is 0 Å². The van der Waals surface area contributed by atoms with Crippen LogP contribution in [-0.2, 0) is 0 Å². The normalized spacial score (nSPS) is 18.4. The molecule has 0 radical (unpaired) electrons. The van der Waals surface area contributed by atoms with E-state index in [4.69, 9.17) is 0 Å². The largest absolute Gasteiger partial charge is 0.304 e. The second-order valence-electron chi connectivity index (χ2n) is 3.83. The van der Waals surface area contributed by atoms with E-state index in [0.29, 0.717) is 0 Å². The molecule has 0 spiro atoms. The first-order valence-corrected chi connectivity index (χ1v) is 5.39. The Kier molecular flexibility index (Phi) is 2.54. The summed E-state index contributed by atoms with van der Waals surface area (Å²) in [6.07, 6.45) is 5.92. The van der Waals surface area contributed by atoms with Gasteiger partial charge in [0.15, 0.2) is 0 Å². The molecular formula is C10H12BrN3. The Morgan fingerprint density at radius 2 is 2.36 bits per heavy atom. The van der Waals surface area contributed by atoms with Crippen LogP contribution in [0.1, 0.15) is 25.5 Å². The molecular weight excluding hydrogens is 242 g/mol. The van der Waals surface area contributed by atoms with Gasteiger partial charge in [-0.15, -0.1) is 0 Å². The Hall–Kier alpha value is -0.900. The van der Waals surface area contributed by atoms with Gasteiger partial charge >= 0.3 is 0 Å². The number of hydrogen-bond acceptors (Lipinski definition) is 3. The van der Waals surface area contributed by atoms with Crippen molar-refractivity contribution >= 4 is 22.1 Å². The molecule has 1 heterocycles. The molecule has 1 aromatic heterocycles. The predicted octanol–water partition coefficient (Wildman–Crippen LogP) is 2.32. The molecule has 1 aliphatic carbocycles. The van der Waals surface area contributed by atoms with E-state index in [1.54, 1.807) is 12.4 Å². The monoisotopic (exact) mass is 253 g/mol. The van der Waals surface area contributed by atoms with Gasteiger partial charge in [-0.2, -0.15) is 5.10 Å².